The van der Waals surface area contributed by atoms with E-state index in [1.165, 1.54) is 12.7 Å². The molecule has 0 radical (unpaired) electrons. The zero-order valence-corrected chi connectivity index (χ0v) is 13.9. The predicted octanol–water partition coefficient (Wildman–Crippen LogP) is 4.31. The summed E-state index contributed by atoms with van der Waals surface area (Å²) in [4.78, 5) is 8.92. The van der Waals surface area contributed by atoms with Crippen molar-refractivity contribution in [3.05, 3.63) is 65.4 Å². The number of rotatable bonds is 3. The molecule has 0 fully saturated rings. The van der Waals surface area contributed by atoms with E-state index in [9.17, 15) is 5.26 Å². The van der Waals surface area contributed by atoms with Crippen molar-refractivity contribution in [2.75, 3.05) is 7.11 Å². The van der Waals surface area contributed by atoms with Crippen LogP contribution in [0.5, 0.6) is 5.88 Å². The van der Waals surface area contributed by atoms with Crippen LogP contribution in [0.2, 0.25) is 0 Å². The monoisotopic (exact) mass is 315 g/mol. The zero-order valence-electron chi connectivity index (χ0n) is 13.9. The molecular weight excluding hydrogens is 298 g/mol. The van der Waals surface area contributed by atoms with E-state index in [1.54, 1.807) is 6.20 Å². The maximum absolute atomic E-state index is 9.58. The van der Waals surface area contributed by atoms with Gasteiger partial charge in [-0.1, -0.05) is 35.9 Å². The van der Waals surface area contributed by atoms with E-state index in [1.807, 2.05) is 56.3 Å². The lowest BCUT2D eigenvalue weighted by Crippen LogP contribution is -1.99. The van der Waals surface area contributed by atoms with Crippen LogP contribution < -0.4 is 4.74 Å². The Hall–Kier alpha value is -3.19. The van der Waals surface area contributed by atoms with E-state index in [0.29, 0.717) is 17.1 Å². The lowest BCUT2D eigenvalue weighted by atomic mass is 9.98. The molecule has 0 aliphatic rings. The Morgan fingerprint density at radius 1 is 1.08 bits per heavy atom. The Morgan fingerprint density at radius 3 is 2.46 bits per heavy atom. The molecule has 4 nitrogen and oxygen atoms in total. The molecule has 0 unspecified atom stereocenters. The Labute approximate surface area is 141 Å². The molecule has 2 aromatic heterocycles. The van der Waals surface area contributed by atoms with Crippen molar-refractivity contribution in [1.82, 2.24) is 9.97 Å². The van der Waals surface area contributed by atoms with Gasteiger partial charge in [0.2, 0.25) is 5.88 Å². The average molecular weight is 315 g/mol. The average Bonchev–Trinajstić information content (AvgIpc) is 2.61. The third-order valence-electron chi connectivity index (χ3n) is 3.91. The van der Waals surface area contributed by atoms with Crippen molar-refractivity contribution in [3.63, 3.8) is 0 Å². The second-order valence-electron chi connectivity index (χ2n) is 5.59. The Kier molecular flexibility index (Phi) is 4.26. The molecule has 1 aromatic carbocycles. The van der Waals surface area contributed by atoms with Crippen LogP contribution in [0, 0.1) is 25.2 Å². The van der Waals surface area contributed by atoms with Crippen LogP contribution in [0.3, 0.4) is 0 Å². The second kappa shape index (κ2) is 6.51. The third kappa shape index (κ3) is 2.84. The fraction of sp³-hybridized carbons (Fsp3) is 0.150. The molecule has 4 heteroatoms. The molecule has 0 aliphatic heterocycles. The molecule has 3 aromatic rings. The van der Waals surface area contributed by atoms with E-state index < -0.39 is 0 Å². The highest BCUT2D eigenvalue weighted by Gasteiger charge is 2.17. The summed E-state index contributed by atoms with van der Waals surface area (Å²) >= 11 is 0. The normalized spacial score (nSPS) is 10.2. The number of nitrogens with zero attached hydrogens (tertiary/aromatic N) is 3. The molecule has 0 aliphatic carbocycles. The van der Waals surface area contributed by atoms with Crippen molar-refractivity contribution in [2.24, 2.45) is 0 Å². The number of ether oxygens (including phenoxy) is 1. The van der Waals surface area contributed by atoms with Crippen LogP contribution in [0.1, 0.15) is 16.7 Å². The molecule has 24 heavy (non-hydrogen) atoms. The smallest absolute Gasteiger partial charge is 0.232 e. The summed E-state index contributed by atoms with van der Waals surface area (Å²) in [6.45, 7) is 4.02. The summed E-state index contributed by atoms with van der Waals surface area (Å²) in [5.74, 6) is 0.315. The molecule has 2 heterocycles. The van der Waals surface area contributed by atoms with Gasteiger partial charge in [0.25, 0.3) is 0 Å². The summed E-state index contributed by atoms with van der Waals surface area (Å²) < 4.78 is 5.36. The molecule has 0 spiro atoms. The number of nitriles is 1. The Balaban J connectivity index is 2.28. The van der Waals surface area contributed by atoms with Crippen LogP contribution in [0.15, 0.2) is 48.7 Å². The van der Waals surface area contributed by atoms with Crippen LogP contribution >= 0.6 is 0 Å². The van der Waals surface area contributed by atoms with E-state index in [0.717, 1.165) is 22.4 Å². The van der Waals surface area contributed by atoms with Gasteiger partial charge in [0.1, 0.15) is 11.6 Å². The molecule has 3 rings (SSSR count). The van der Waals surface area contributed by atoms with Gasteiger partial charge in [-0.15, -0.1) is 0 Å². The number of methoxy groups -OCH3 is 1. The Bertz CT molecular complexity index is 925. The van der Waals surface area contributed by atoms with E-state index in [2.05, 4.69) is 16.0 Å². The summed E-state index contributed by atoms with van der Waals surface area (Å²) in [5, 5.41) is 9.58. The number of aromatic nitrogens is 2. The minimum absolute atomic E-state index is 0.315. The molecule has 0 saturated heterocycles. The standard InChI is InChI=1S/C20H17N3O/c1-13-6-8-15(9-7-13)16-11-18(19-14(2)5-4-10-22-19)23-20(24-3)17(16)12-21/h4-11H,1-3H3. The van der Waals surface area contributed by atoms with Crippen molar-refractivity contribution in [3.8, 4) is 34.5 Å². The molecule has 0 atom stereocenters. The van der Waals surface area contributed by atoms with E-state index >= 15 is 0 Å². The molecule has 118 valence electrons. The maximum Gasteiger partial charge on any atom is 0.232 e. The second-order valence-corrected chi connectivity index (χ2v) is 5.59. The summed E-state index contributed by atoms with van der Waals surface area (Å²) in [6.07, 6.45) is 1.74. The first kappa shape index (κ1) is 15.7. The van der Waals surface area contributed by atoms with Crippen molar-refractivity contribution < 1.29 is 4.74 Å². The van der Waals surface area contributed by atoms with Gasteiger partial charge in [-0.25, -0.2) is 4.98 Å². The molecular formula is C20H17N3O. The predicted molar refractivity (Wildman–Crippen MR) is 93.6 cm³/mol. The van der Waals surface area contributed by atoms with Gasteiger partial charge in [0.05, 0.1) is 18.5 Å². The highest BCUT2D eigenvalue weighted by atomic mass is 16.5. The van der Waals surface area contributed by atoms with Gasteiger partial charge in [0.15, 0.2) is 0 Å². The van der Waals surface area contributed by atoms with E-state index in [-0.39, 0.29) is 0 Å². The molecule has 0 bridgehead atoms. The van der Waals surface area contributed by atoms with Gasteiger partial charge in [-0.3, -0.25) is 4.98 Å². The minimum Gasteiger partial charge on any atom is -0.480 e. The van der Waals surface area contributed by atoms with Gasteiger partial charge in [-0.05, 0) is 37.1 Å². The van der Waals surface area contributed by atoms with Crippen molar-refractivity contribution >= 4 is 0 Å². The van der Waals surface area contributed by atoms with Gasteiger partial charge in [0, 0.05) is 11.8 Å². The van der Waals surface area contributed by atoms with Crippen LogP contribution in [-0.4, -0.2) is 17.1 Å². The molecule has 0 saturated carbocycles. The van der Waals surface area contributed by atoms with Crippen LogP contribution in [-0.2, 0) is 0 Å². The highest BCUT2D eigenvalue weighted by molar-refractivity contribution is 5.77. The number of aryl methyl sites for hydroxylation is 2. The lowest BCUT2D eigenvalue weighted by Gasteiger charge is -2.12. The first-order valence-corrected chi connectivity index (χ1v) is 7.62. The first-order chi connectivity index (χ1) is 11.6. The Morgan fingerprint density at radius 2 is 1.83 bits per heavy atom. The van der Waals surface area contributed by atoms with Crippen LogP contribution in [0.4, 0.5) is 0 Å². The fourth-order valence-electron chi connectivity index (χ4n) is 2.61. The summed E-state index contributed by atoms with van der Waals surface area (Å²) in [6, 6.07) is 16.0. The summed E-state index contributed by atoms with van der Waals surface area (Å²) in [5.41, 5.74) is 5.84. The summed E-state index contributed by atoms with van der Waals surface area (Å²) in [7, 11) is 1.52. The fourth-order valence-corrected chi connectivity index (χ4v) is 2.61. The third-order valence-corrected chi connectivity index (χ3v) is 3.91. The highest BCUT2D eigenvalue weighted by Crippen LogP contribution is 2.33. The number of benzene rings is 1. The van der Waals surface area contributed by atoms with E-state index in [4.69, 9.17) is 4.74 Å². The minimum atomic E-state index is 0.315. The lowest BCUT2D eigenvalue weighted by molar-refractivity contribution is 0.397. The van der Waals surface area contributed by atoms with Crippen LogP contribution in [0.25, 0.3) is 22.5 Å². The quantitative estimate of drug-likeness (QED) is 0.722. The van der Waals surface area contributed by atoms with Gasteiger partial charge < -0.3 is 4.74 Å². The number of hydrogen-bond acceptors (Lipinski definition) is 4. The molecule has 0 amide bonds. The topological polar surface area (TPSA) is 58.8 Å². The maximum atomic E-state index is 9.58. The SMILES string of the molecule is COc1nc(-c2ncccc2C)cc(-c2ccc(C)cc2)c1C#N. The first-order valence-electron chi connectivity index (χ1n) is 7.62. The van der Waals surface area contributed by atoms with Crippen molar-refractivity contribution in [1.29, 1.82) is 5.26 Å². The van der Waals surface area contributed by atoms with Gasteiger partial charge in [-0.2, -0.15) is 5.26 Å². The van der Waals surface area contributed by atoms with Gasteiger partial charge >= 0.3 is 0 Å². The number of hydrogen-bond donors (Lipinski definition) is 0. The van der Waals surface area contributed by atoms with Crippen molar-refractivity contribution in [2.45, 2.75) is 13.8 Å². The number of pyridine rings is 2. The molecule has 0 N–H and O–H groups in total. The zero-order chi connectivity index (χ0) is 17.1. The largest absolute Gasteiger partial charge is 0.480 e.